The SMILES string of the molecule is COC(=O)c1ccc(CN(C(=O)N2CC(F)(F)C2)c2cccc(C(F)(F)F)c2)cc1. The van der Waals surface area contributed by atoms with Gasteiger partial charge >= 0.3 is 18.2 Å². The van der Waals surface area contributed by atoms with E-state index in [-0.39, 0.29) is 17.8 Å². The predicted molar refractivity (Wildman–Crippen MR) is 97.3 cm³/mol. The Morgan fingerprint density at radius 1 is 1.10 bits per heavy atom. The van der Waals surface area contributed by atoms with Crippen molar-refractivity contribution in [2.24, 2.45) is 0 Å². The number of nitrogens with zero attached hydrogens (tertiary/aromatic N) is 2. The summed E-state index contributed by atoms with van der Waals surface area (Å²) in [5.74, 6) is -3.59. The predicted octanol–water partition coefficient (Wildman–Crippen LogP) is 4.57. The van der Waals surface area contributed by atoms with E-state index in [0.29, 0.717) is 5.56 Å². The maximum Gasteiger partial charge on any atom is 0.416 e. The molecule has 1 fully saturated rings. The molecule has 10 heteroatoms. The van der Waals surface area contributed by atoms with E-state index in [0.717, 1.165) is 28.0 Å². The van der Waals surface area contributed by atoms with Crippen molar-refractivity contribution in [2.45, 2.75) is 18.6 Å². The number of halogens is 5. The van der Waals surface area contributed by atoms with Gasteiger partial charge in [-0.15, -0.1) is 0 Å². The zero-order chi connectivity index (χ0) is 22.1. The summed E-state index contributed by atoms with van der Waals surface area (Å²) in [4.78, 5) is 26.2. The van der Waals surface area contributed by atoms with Gasteiger partial charge in [0.05, 0.1) is 37.9 Å². The number of benzene rings is 2. The van der Waals surface area contributed by atoms with Crippen LogP contribution in [0.1, 0.15) is 21.5 Å². The molecule has 0 unspecified atom stereocenters. The molecule has 0 atom stereocenters. The lowest BCUT2D eigenvalue weighted by Gasteiger charge is -2.41. The third-order valence-corrected chi connectivity index (χ3v) is 4.55. The van der Waals surface area contributed by atoms with Crippen LogP contribution < -0.4 is 4.90 Å². The summed E-state index contributed by atoms with van der Waals surface area (Å²) in [5, 5.41) is 0. The molecule has 2 aromatic rings. The molecule has 0 bridgehead atoms. The van der Waals surface area contributed by atoms with E-state index in [1.165, 1.54) is 37.4 Å². The van der Waals surface area contributed by atoms with Crippen LogP contribution in [0.3, 0.4) is 0 Å². The first-order valence-electron chi connectivity index (χ1n) is 8.79. The summed E-state index contributed by atoms with van der Waals surface area (Å²) in [6.45, 7) is -1.78. The first kappa shape index (κ1) is 21.5. The van der Waals surface area contributed by atoms with Gasteiger partial charge in [0.25, 0.3) is 5.92 Å². The van der Waals surface area contributed by atoms with Crippen LogP contribution in [0.15, 0.2) is 48.5 Å². The van der Waals surface area contributed by atoms with E-state index in [1.54, 1.807) is 0 Å². The van der Waals surface area contributed by atoms with Crippen LogP contribution in [0.2, 0.25) is 0 Å². The monoisotopic (exact) mass is 428 g/mol. The standard InChI is InChI=1S/C20H17F5N2O3/c1-30-17(28)14-7-5-13(6-8-14)10-27(18(29)26-11-19(21,22)12-26)16-4-2-3-15(9-16)20(23,24)25/h2-9H,10-12H2,1H3. The van der Waals surface area contributed by atoms with Crippen molar-refractivity contribution < 1.29 is 36.3 Å². The zero-order valence-electron chi connectivity index (χ0n) is 15.7. The number of likely N-dealkylation sites (tertiary alicyclic amines) is 1. The molecule has 30 heavy (non-hydrogen) atoms. The van der Waals surface area contributed by atoms with Gasteiger partial charge in [-0.1, -0.05) is 18.2 Å². The number of hydrogen-bond acceptors (Lipinski definition) is 3. The minimum Gasteiger partial charge on any atom is -0.465 e. The molecule has 0 aromatic heterocycles. The lowest BCUT2D eigenvalue weighted by Crippen LogP contribution is -2.61. The quantitative estimate of drug-likeness (QED) is 0.530. The molecule has 0 aliphatic carbocycles. The number of methoxy groups -OCH3 is 1. The second kappa shape index (κ2) is 7.92. The van der Waals surface area contributed by atoms with Crippen LogP contribution in [0.5, 0.6) is 0 Å². The van der Waals surface area contributed by atoms with Crippen molar-refractivity contribution in [3.63, 3.8) is 0 Å². The van der Waals surface area contributed by atoms with Crippen molar-refractivity contribution in [2.75, 3.05) is 25.1 Å². The average Bonchev–Trinajstić information content (AvgIpc) is 2.69. The number of hydrogen-bond donors (Lipinski definition) is 0. The smallest absolute Gasteiger partial charge is 0.416 e. The summed E-state index contributed by atoms with van der Waals surface area (Å²) < 4.78 is 70.3. The molecule has 0 spiro atoms. The third-order valence-electron chi connectivity index (χ3n) is 4.55. The fourth-order valence-corrected chi connectivity index (χ4v) is 2.98. The fraction of sp³-hybridized carbons (Fsp3) is 0.300. The molecule has 1 aliphatic heterocycles. The summed E-state index contributed by atoms with van der Waals surface area (Å²) >= 11 is 0. The molecule has 3 rings (SSSR count). The van der Waals surface area contributed by atoms with E-state index in [1.807, 2.05) is 0 Å². The first-order chi connectivity index (χ1) is 14.0. The van der Waals surface area contributed by atoms with Gasteiger partial charge in [0.2, 0.25) is 0 Å². The molecule has 0 N–H and O–H groups in total. The van der Waals surface area contributed by atoms with E-state index < -0.39 is 42.8 Å². The molecule has 160 valence electrons. The Morgan fingerprint density at radius 2 is 1.73 bits per heavy atom. The molecule has 0 saturated carbocycles. The largest absolute Gasteiger partial charge is 0.465 e. The molecule has 2 amide bonds. The van der Waals surface area contributed by atoms with E-state index in [2.05, 4.69) is 4.74 Å². The molecule has 1 saturated heterocycles. The molecule has 0 radical (unpaired) electrons. The van der Waals surface area contributed by atoms with E-state index in [4.69, 9.17) is 0 Å². The van der Waals surface area contributed by atoms with Crippen LogP contribution in [-0.2, 0) is 17.5 Å². The highest BCUT2D eigenvalue weighted by Gasteiger charge is 2.47. The average molecular weight is 428 g/mol. The Labute approximate surface area is 168 Å². The molecular weight excluding hydrogens is 411 g/mol. The van der Waals surface area contributed by atoms with Gasteiger partial charge in [-0.2, -0.15) is 13.2 Å². The van der Waals surface area contributed by atoms with Gasteiger partial charge in [0.15, 0.2) is 0 Å². The summed E-state index contributed by atoms with van der Waals surface area (Å²) in [6, 6.07) is 9.14. The lowest BCUT2D eigenvalue weighted by molar-refractivity contribution is -0.137. The van der Waals surface area contributed by atoms with Crippen molar-refractivity contribution in [3.05, 3.63) is 65.2 Å². The van der Waals surface area contributed by atoms with Crippen LogP contribution in [0, 0.1) is 0 Å². The Hall–Kier alpha value is -3.17. The third kappa shape index (κ3) is 4.69. The van der Waals surface area contributed by atoms with Crippen molar-refractivity contribution in [1.82, 2.24) is 4.90 Å². The second-order valence-corrected chi connectivity index (χ2v) is 6.82. The Kier molecular flexibility index (Phi) is 5.69. The highest BCUT2D eigenvalue weighted by Crippen LogP contribution is 2.34. The number of anilines is 1. The number of carbonyl (C=O) groups is 2. The van der Waals surface area contributed by atoms with Crippen molar-refractivity contribution in [3.8, 4) is 0 Å². The second-order valence-electron chi connectivity index (χ2n) is 6.82. The van der Waals surface area contributed by atoms with E-state index >= 15 is 0 Å². The number of amides is 2. The number of alkyl halides is 5. The van der Waals surface area contributed by atoms with Crippen molar-refractivity contribution >= 4 is 17.7 Å². The van der Waals surface area contributed by atoms with Gasteiger partial charge in [-0.05, 0) is 35.9 Å². The summed E-state index contributed by atoms with van der Waals surface area (Å²) in [7, 11) is 1.22. The molecule has 1 aliphatic rings. The van der Waals surface area contributed by atoms with Gasteiger partial charge in [-0.3, -0.25) is 4.90 Å². The molecular formula is C20H17F5N2O3. The van der Waals surface area contributed by atoms with E-state index in [9.17, 15) is 31.5 Å². The van der Waals surface area contributed by atoms with Gasteiger partial charge in [-0.25, -0.2) is 18.4 Å². The molecule has 1 heterocycles. The minimum absolute atomic E-state index is 0.0814. The summed E-state index contributed by atoms with van der Waals surface area (Å²) in [5.41, 5.74) is -0.309. The highest BCUT2D eigenvalue weighted by atomic mass is 19.4. The maximum absolute atomic E-state index is 13.2. The number of urea groups is 1. The van der Waals surface area contributed by atoms with Crippen LogP contribution in [0.25, 0.3) is 0 Å². The number of rotatable bonds is 4. The Balaban J connectivity index is 1.90. The minimum atomic E-state index is -4.63. The lowest BCUT2D eigenvalue weighted by atomic mass is 10.1. The van der Waals surface area contributed by atoms with Crippen molar-refractivity contribution in [1.29, 1.82) is 0 Å². The number of ether oxygens (including phenoxy) is 1. The molecule has 5 nitrogen and oxygen atoms in total. The van der Waals surface area contributed by atoms with Gasteiger partial charge < -0.3 is 9.64 Å². The fourth-order valence-electron chi connectivity index (χ4n) is 2.98. The summed E-state index contributed by atoms with van der Waals surface area (Å²) in [6.07, 6.45) is -4.63. The highest BCUT2D eigenvalue weighted by molar-refractivity contribution is 5.93. The topological polar surface area (TPSA) is 49.9 Å². The Morgan fingerprint density at radius 3 is 2.27 bits per heavy atom. The van der Waals surface area contributed by atoms with Crippen LogP contribution in [-0.4, -0.2) is 43.0 Å². The normalized spacial score (nSPS) is 15.3. The van der Waals surface area contributed by atoms with Crippen LogP contribution in [0.4, 0.5) is 32.4 Å². The van der Waals surface area contributed by atoms with Crippen LogP contribution >= 0.6 is 0 Å². The first-order valence-corrected chi connectivity index (χ1v) is 8.79. The van der Waals surface area contributed by atoms with Gasteiger partial charge in [0, 0.05) is 5.69 Å². The zero-order valence-corrected chi connectivity index (χ0v) is 15.7. The molecule has 2 aromatic carbocycles. The van der Waals surface area contributed by atoms with Gasteiger partial charge in [0.1, 0.15) is 0 Å². The number of esters is 1. The number of carbonyl (C=O) groups excluding carboxylic acids is 2. The maximum atomic E-state index is 13.2. The Bertz CT molecular complexity index is 936.